The summed E-state index contributed by atoms with van der Waals surface area (Å²) in [5, 5.41) is 6.34. The van der Waals surface area contributed by atoms with Gasteiger partial charge in [0, 0.05) is 23.8 Å². The Morgan fingerprint density at radius 3 is 2.70 bits per heavy atom. The fraction of sp³-hybridized carbons (Fsp3) is 0.471. The third-order valence-electron chi connectivity index (χ3n) is 4.04. The first-order valence-electron chi connectivity index (χ1n) is 7.48. The lowest BCUT2D eigenvalue weighted by molar-refractivity contribution is 0.0958. The van der Waals surface area contributed by atoms with Crippen molar-refractivity contribution in [3.05, 3.63) is 42.5 Å². The maximum Gasteiger partial charge on any atom is 0.251 e. The molecule has 0 heterocycles. The average Bonchev–Trinajstić information content (AvgIpc) is 2.93. The van der Waals surface area contributed by atoms with Crippen LogP contribution in [-0.2, 0) is 0 Å². The molecule has 0 aromatic heterocycles. The highest BCUT2D eigenvalue weighted by molar-refractivity contribution is 5.94. The molecule has 1 aliphatic rings. The van der Waals surface area contributed by atoms with Gasteiger partial charge in [-0.25, -0.2) is 0 Å². The summed E-state index contributed by atoms with van der Waals surface area (Å²) < 4.78 is 0. The summed E-state index contributed by atoms with van der Waals surface area (Å²) in [6.45, 7) is 6.35. The zero-order chi connectivity index (χ0) is 14.4. The molecule has 1 fully saturated rings. The van der Waals surface area contributed by atoms with Gasteiger partial charge in [0.2, 0.25) is 0 Å². The maximum atomic E-state index is 11.8. The average molecular weight is 272 g/mol. The van der Waals surface area contributed by atoms with Crippen molar-refractivity contribution >= 4 is 11.6 Å². The van der Waals surface area contributed by atoms with E-state index in [1.807, 2.05) is 24.3 Å². The standard InChI is InChI=1S/C17H24N2O/c1-3-11-18-17(20)14-6-9-15(10-7-14)19-16-8-5-13(4-2)12-16/h3,6-7,9-10,13,16,19H,1,4-5,8,11-12H2,2H3,(H,18,20). The number of nitrogens with one attached hydrogen (secondary N) is 2. The van der Waals surface area contributed by atoms with E-state index >= 15 is 0 Å². The number of hydrogen-bond acceptors (Lipinski definition) is 2. The molecule has 0 radical (unpaired) electrons. The van der Waals surface area contributed by atoms with E-state index in [1.165, 1.54) is 25.7 Å². The Balaban J connectivity index is 1.88. The Bertz CT molecular complexity index is 453. The number of anilines is 1. The number of rotatable bonds is 6. The number of amides is 1. The Morgan fingerprint density at radius 1 is 1.35 bits per heavy atom. The molecule has 1 aromatic rings. The summed E-state index contributed by atoms with van der Waals surface area (Å²) in [6.07, 6.45) is 6.80. The number of hydrogen-bond donors (Lipinski definition) is 2. The molecule has 2 atom stereocenters. The lowest BCUT2D eigenvalue weighted by atomic mass is 10.1. The maximum absolute atomic E-state index is 11.8. The molecule has 0 aliphatic heterocycles. The van der Waals surface area contributed by atoms with Crippen LogP contribution in [0.25, 0.3) is 0 Å². The Kier molecular flexibility index (Phi) is 5.22. The molecule has 2 rings (SSSR count). The molecular weight excluding hydrogens is 248 g/mol. The summed E-state index contributed by atoms with van der Waals surface area (Å²) in [5.41, 5.74) is 1.79. The molecule has 2 N–H and O–H groups in total. The van der Waals surface area contributed by atoms with Crippen molar-refractivity contribution in [2.24, 2.45) is 5.92 Å². The minimum atomic E-state index is -0.0524. The van der Waals surface area contributed by atoms with Crippen LogP contribution >= 0.6 is 0 Å². The normalized spacial score (nSPS) is 21.4. The Hall–Kier alpha value is -1.77. The Labute approximate surface area is 121 Å². The number of carbonyl (C=O) groups is 1. The molecule has 0 saturated heterocycles. The van der Waals surface area contributed by atoms with E-state index in [1.54, 1.807) is 6.08 Å². The fourth-order valence-corrected chi connectivity index (χ4v) is 2.80. The predicted octanol–water partition coefficient (Wildman–Crippen LogP) is 3.59. The second-order valence-corrected chi connectivity index (χ2v) is 5.50. The van der Waals surface area contributed by atoms with Crippen LogP contribution < -0.4 is 10.6 Å². The lowest BCUT2D eigenvalue weighted by Gasteiger charge is -2.14. The zero-order valence-electron chi connectivity index (χ0n) is 12.2. The molecule has 1 aromatic carbocycles. The molecule has 20 heavy (non-hydrogen) atoms. The largest absolute Gasteiger partial charge is 0.382 e. The zero-order valence-corrected chi connectivity index (χ0v) is 12.2. The first-order valence-corrected chi connectivity index (χ1v) is 7.48. The van der Waals surface area contributed by atoms with Crippen LogP contribution in [0.5, 0.6) is 0 Å². The molecule has 2 unspecified atom stereocenters. The molecule has 0 spiro atoms. The number of carbonyl (C=O) groups excluding carboxylic acids is 1. The third-order valence-corrected chi connectivity index (χ3v) is 4.04. The summed E-state index contributed by atoms with van der Waals surface area (Å²) in [6, 6.07) is 8.30. The van der Waals surface area contributed by atoms with Crippen LogP contribution in [0.4, 0.5) is 5.69 Å². The van der Waals surface area contributed by atoms with Crippen LogP contribution in [0.1, 0.15) is 43.0 Å². The van der Waals surface area contributed by atoms with Crippen LogP contribution in [0.15, 0.2) is 36.9 Å². The topological polar surface area (TPSA) is 41.1 Å². The summed E-state index contributed by atoms with van der Waals surface area (Å²) in [5.74, 6) is 0.819. The van der Waals surface area contributed by atoms with Crippen molar-refractivity contribution in [2.75, 3.05) is 11.9 Å². The summed E-state index contributed by atoms with van der Waals surface area (Å²) >= 11 is 0. The van der Waals surface area contributed by atoms with Crippen LogP contribution in [0.2, 0.25) is 0 Å². The van der Waals surface area contributed by atoms with Crippen molar-refractivity contribution in [3.8, 4) is 0 Å². The summed E-state index contributed by atoms with van der Waals surface area (Å²) in [7, 11) is 0. The van der Waals surface area contributed by atoms with Gasteiger partial charge in [-0.2, -0.15) is 0 Å². The molecule has 1 amide bonds. The van der Waals surface area contributed by atoms with Gasteiger partial charge in [-0.05, 0) is 49.4 Å². The molecule has 1 aliphatic carbocycles. The van der Waals surface area contributed by atoms with Gasteiger partial charge in [0.15, 0.2) is 0 Å². The molecule has 0 bridgehead atoms. The first kappa shape index (κ1) is 14.6. The number of benzene rings is 1. The second-order valence-electron chi connectivity index (χ2n) is 5.50. The van der Waals surface area contributed by atoms with E-state index in [4.69, 9.17) is 0 Å². The van der Waals surface area contributed by atoms with Crippen molar-refractivity contribution in [1.29, 1.82) is 0 Å². The highest BCUT2D eigenvalue weighted by Crippen LogP contribution is 2.30. The van der Waals surface area contributed by atoms with Gasteiger partial charge in [-0.15, -0.1) is 6.58 Å². The molecular formula is C17H24N2O. The highest BCUT2D eigenvalue weighted by atomic mass is 16.1. The predicted molar refractivity (Wildman–Crippen MR) is 84.0 cm³/mol. The highest BCUT2D eigenvalue weighted by Gasteiger charge is 2.22. The minimum Gasteiger partial charge on any atom is -0.382 e. The molecule has 1 saturated carbocycles. The van der Waals surface area contributed by atoms with Gasteiger partial charge < -0.3 is 10.6 Å². The minimum absolute atomic E-state index is 0.0524. The van der Waals surface area contributed by atoms with Crippen molar-refractivity contribution in [2.45, 2.75) is 38.6 Å². The smallest absolute Gasteiger partial charge is 0.251 e. The van der Waals surface area contributed by atoms with Crippen LogP contribution in [0.3, 0.4) is 0 Å². The Morgan fingerprint density at radius 2 is 2.10 bits per heavy atom. The van der Waals surface area contributed by atoms with Crippen molar-refractivity contribution in [3.63, 3.8) is 0 Å². The fourth-order valence-electron chi connectivity index (χ4n) is 2.80. The van der Waals surface area contributed by atoms with E-state index in [-0.39, 0.29) is 5.91 Å². The van der Waals surface area contributed by atoms with E-state index in [9.17, 15) is 4.79 Å². The van der Waals surface area contributed by atoms with E-state index < -0.39 is 0 Å². The van der Waals surface area contributed by atoms with Gasteiger partial charge in [0.1, 0.15) is 0 Å². The van der Waals surface area contributed by atoms with E-state index in [2.05, 4.69) is 24.1 Å². The molecule has 108 valence electrons. The monoisotopic (exact) mass is 272 g/mol. The van der Waals surface area contributed by atoms with Gasteiger partial charge in [-0.3, -0.25) is 4.79 Å². The van der Waals surface area contributed by atoms with E-state index in [0.29, 0.717) is 18.2 Å². The van der Waals surface area contributed by atoms with Crippen molar-refractivity contribution in [1.82, 2.24) is 5.32 Å². The quantitative estimate of drug-likeness (QED) is 0.777. The van der Waals surface area contributed by atoms with Gasteiger partial charge in [-0.1, -0.05) is 19.4 Å². The van der Waals surface area contributed by atoms with Crippen LogP contribution in [-0.4, -0.2) is 18.5 Å². The van der Waals surface area contributed by atoms with Gasteiger partial charge in [0.05, 0.1) is 0 Å². The first-order chi connectivity index (χ1) is 9.72. The summed E-state index contributed by atoms with van der Waals surface area (Å²) in [4.78, 5) is 11.8. The van der Waals surface area contributed by atoms with Crippen molar-refractivity contribution < 1.29 is 4.79 Å². The molecule has 3 heteroatoms. The lowest BCUT2D eigenvalue weighted by Crippen LogP contribution is -2.23. The van der Waals surface area contributed by atoms with Gasteiger partial charge in [0.25, 0.3) is 5.91 Å². The molecule has 3 nitrogen and oxygen atoms in total. The SMILES string of the molecule is C=CCNC(=O)c1ccc(NC2CCC(CC)C2)cc1. The van der Waals surface area contributed by atoms with Crippen LogP contribution in [0, 0.1) is 5.92 Å². The second kappa shape index (κ2) is 7.13. The van der Waals surface area contributed by atoms with E-state index in [0.717, 1.165) is 11.6 Å². The van der Waals surface area contributed by atoms with Gasteiger partial charge >= 0.3 is 0 Å². The third kappa shape index (κ3) is 3.86.